The number of nitrogens with zero attached hydrogens (tertiary/aromatic N) is 2. The summed E-state index contributed by atoms with van der Waals surface area (Å²) >= 11 is 0. The minimum atomic E-state index is 0.296. The summed E-state index contributed by atoms with van der Waals surface area (Å²) < 4.78 is 0. The molecule has 18 heavy (non-hydrogen) atoms. The van der Waals surface area contributed by atoms with Crippen LogP contribution in [0, 0.1) is 0 Å². The first-order chi connectivity index (χ1) is 8.69. The van der Waals surface area contributed by atoms with Gasteiger partial charge in [0.2, 0.25) is 0 Å². The second-order valence-electron chi connectivity index (χ2n) is 5.27. The van der Waals surface area contributed by atoms with Crippen LogP contribution < -0.4 is 16.6 Å². The Morgan fingerprint density at radius 3 is 2.44 bits per heavy atom. The summed E-state index contributed by atoms with van der Waals surface area (Å²) in [4.78, 5) is 8.91. The third kappa shape index (κ3) is 3.32. The highest BCUT2D eigenvalue weighted by Gasteiger charge is 2.15. The molecular weight excluding hydrogens is 226 g/mol. The molecule has 4 N–H and O–H groups in total. The second kappa shape index (κ2) is 6.00. The fourth-order valence-electron chi connectivity index (χ4n) is 2.33. The smallest absolute Gasteiger partial charge is 0.145 e. The van der Waals surface area contributed by atoms with Gasteiger partial charge in [0.05, 0.1) is 0 Å². The molecule has 1 aromatic heterocycles. The molecule has 2 rings (SSSR count). The Bertz CT molecular complexity index is 385. The van der Waals surface area contributed by atoms with Gasteiger partial charge in [0.1, 0.15) is 17.5 Å². The third-order valence-corrected chi connectivity index (χ3v) is 3.36. The van der Waals surface area contributed by atoms with Gasteiger partial charge in [-0.15, -0.1) is 0 Å². The van der Waals surface area contributed by atoms with Gasteiger partial charge in [-0.3, -0.25) is 0 Å². The number of rotatable bonds is 4. The van der Waals surface area contributed by atoms with E-state index in [1.165, 1.54) is 32.1 Å². The Balaban J connectivity index is 2.12. The number of hydrogen-bond donors (Lipinski definition) is 3. The van der Waals surface area contributed by atoms with Crippen molar-refractivity contribution in [3.05, 3.63) is 11.9 Å². The fourth-order valence-corrected chi connectivity index (χ4v) is 2.33. The Labute approximate surface area is 109 Å². The van der Waals surface area contributed by atoms with Crippen LogP contribution in [0.25, 0.3) is 0 Å². The van der Waals surface area contributed by atoms with E-state index in [-0.39, 0.29) is 0 Å². The lowest BCUT2D eigenvalue weighted by Gasteiger charge is -2.23. The van der Waals surface area contributed by atoms with Gasteiger partial charge in [0.15, 0.2) is 0 Å². The summed E-state index contributed by atoms with van der Waals surface area (Å²) in [6.07, 6.45) is 6.43. The molecule has 0 aliphatic heterocycles. The standard InChI is InChI=1S/C13H23N5/c1-9(2)13-16-11(8-12(17-13)18-14)15-10-6-4-3-5-7-10/h8-10H,3-7,14H2,1-2H3,(H2,15,16,17,18). The predicted octanol–water partition coefficient (Wildman–Crippen LogP) is 2.63. The van der Waals surface area contributed by atoms with Crippen LogP contribution in [0.2, 0.25) is 0 Å². The number of nitrogens with one attached hydrogen (secondary N) is 2. The Morgan fingerprint density at radius 2 is 1.83 bits per heavy atom. The van der Waals surface area contributed by atoms with E-state index in [4.69, 9.17) is 5.84 Å². The molecular formula is C13H23N5. The lowest BCUT2D eigenvalue weighted by atomic mass is 9.95. The van der Waals surface area contributed by atoms with Gasteiger partial charge in [-0.2, -0.15) is 0 Å². The van der Waals surface area contributed by atoms with Crippen molar-refractivity contribution in [2.45, 2.75) is 57.9 Å². The van der Waals surface area contributed by atoms with Crippen LogP contribution in [-0.4, -0.2) is 16.0 Å². The van der Waals surface area contributed by atoms with Gasteiger partial charge in [0, 0.05) is 18.0 Å². The number of aromatic nitrogens is 2. The van der Waals surface area contributed by atoms with Crippen LogP contribution in [0.3, 0.4) is 0 Å². The molecule has 0 bridgehead atoms. The van der Waals surface area contributed by atoms with E-state index >= 15 is 0 Å². The van der Waals surface area contributed by atoms with Crippen LogP contribution in [0.1, 0.15) is 57.7 Å². The molecule has 0 aromatic carbocycles. The van der Waals surface area contributed by atoms with E-state index in [1.54, 1.807) is 0 Å². The van der Waals surface area contributed by atoms with Crippen molar-refractivity contribution in [2.75, 3.05) is 10.7 Å². The first-order valence-corrected chi connectivity index (χ1v) is 6.81. The number of hydrazine groups is 1. The monoisotopic (exact) mass is 249 g/mol. The molecule has 100 valence electrons. The largest absolute Gasteiger partial charge is 0.367 e. The van der Waals surface area contributed by atoms with Gasteiger partial charge < -0.3 is 10.7 Å². The molecule has 5 heteroatoms. The third-order valence-electron chi connectivity index (χ3n) is 3.36. The van der Waals surface area contributed by atoms with Gasteiger partial charge in [-0.25, -0.2) is 15.8 Å². The molecule has 1 heterocycles. The summed E-state index contributed by atoms with van der Waals surface area (Å²) in [5, 5.41) is 3.50. The highest BCUT2D eigenvalue weighted by molar-refractivity contribution is 5.47. The normalized spacial score (nSPS) is 16.9. The molecule has 1 aliphatic rings. The molecule has 0 saturated heterocycles. The van der Waals surface area contributed by atoms with Gasteiger partial charge in [-0.1, -0.05) is 33.1 Å². The molecule has 0 atom stereocenters. The summed E-state index contributed by atoms with van der Waals surface area (Å²) in [6, 6.07) is 2.42. The Morgan fingerprint density at radius 1 is 1.17 bits per heavy atom. The number of nitrogens with two attached hydrogens (primary N) is 1. The van der Waals surface area contributed by atoms with Crippen molar-refractivity contribution in [3.8, 4) is 0 Å². The molecule has 5 nitrogen and oxygen atoms in total. The van der Waals surface area contributed by atoms with Crippen LogP contribution >= 0.6 is 0 Å². The molecule has 0 amide bonds. The fraction of sp³-hybridized carbons (Fsp3) is 0.692. The SMILES string of the molecule is CC(C)c1nc(NN)cc(NC2CCCCC2)n1. The van der Waals surface area contributed by atoms with Crippen LogP contribution in [0.4, 0.5) is 11.6 Å². The van der Waals surface area contributed by atoms with Crippen molar-refractivity contribution in [2.24, 2.45) is 5.84 Å². The molecule has 1 aromatic rings. The maximum Gasteiger partial charge on any atom is 0.145 e. The number of anilines is 2. The summed E-state index contributed by atoms with van der Waals surface area (Å²) in [5.74, 6) is 8.13. The minimum absolute atomic E-state index is 0.296. The topological polar surface area (TPSA) is 75.9 Å². The summed E-state index contributed by atoms with van der Waals surface area (Å²) in [7, 11) is 0. The van der Waals surface area contributed by atoms with Crippen molar-refractivity contribution in [1.29, 1.82) is 0 Å². The van der Waals surface area contributed by atoms with E-state index in [9.17, 15) is 0 Å². The minimum Gasteiger partial charge on any atom is -0.367 e. The van der Waals surface area contributed by atoms with Gasteiger partial charge in [-0.05, 0) is 12.8 Å². The van der Waals surface area contributed by atoms with Crippen molar-refractivity contribution >= 4 is 11.6 Å². The summed E-state index contributed by atoms with van der Waals surface area (Å²) in [5.41, 5.74) is 2.61. The molecule has 1 saturated carbocycles. The van der Waals surface area contributed by atoms with E-state index in [0.717, 1.165) is 11.6 Å². The van der Waals surface area contributed by atoms with E-state index in [0.29, 0.717) is 17.8 Å². The van der Waals surface area contributed by atoms with Crippen molar-refractivity contribution in [3.63, 3.8) is 0 Å². The van der Waals surface area contributed by atoms with Gasteiger partial charge in [0.25, 0.3) is 0 Å². The first kappa shape index (κ1) is 13.1. The van der Waals surface area contributed by atoms with Crippen molar-refractivity contribution in [1.82, 2.24) is 9.97 Å². The zero-order chi connectivity index (χ0) is 13.0. The van der Waals surface area contributed by atoms with E-state index < -0.39 is 0 Å². The maximum absolute atomic E-state index is 5.45. The molecule has 0 unspecified atom stereocenters. The molecule has 1 aliphatic carbocycles. The second-order valence-corrected chi connectivity index (χ2v) is 5.27. The zero-order valence-corrected chi connectivity index (χ0v) is 11.2. The predicted molar refractivity (Wildman–Crippen MR) is 74.4 cm³/mol. The molecule has 0 radical (unpaired) electrons. The summed E-state index contributed by atoms with van der Waals surface area (Å²) in [6.45, 7) is 4.17. The average Bonchev–Trinajstić information content (AvgIpc) is 2.39. The molecule has 1 fully saturated rings. The van der Waals surface area contributed by atoms with Gasteiger partial charge >= 0.3 is 0 Å². The number of nitrogen functional groups attached to an aromatic ring is 1. The van der Waals surface area contributed by atoms with E-state index in [2.05, 4.69) is 34.6 Å². The van der Waals surface area contributed by atoms with Crippen LogP contribution in [0.5, 0.6) is 0 Å². The zero-order valence-electron chi connectivity index (χ0n) is 11.2. The van der Waals surface area contributed by atoms with E-state index in [1.807, 2.05) is 6.07 Å². The maximum atomic E-state index is 5.45. The van der Waals surface area contributed by atoms with Crippen molar-refractivity contribution < 1.29 is 0 Å². The lowest BCUT2D eigenvalue weighted by Crippen LogP contribution is -2.23. The Hall–Kier alpha value is -1.36. The quantitative estimate of drug-likeness (QED) is 0.565. The Kier molecular flexibility index (Phi) is 4.36. The lowest BCUT2D eigenvalue weighted by molar-refractivity contribution is 0.461. The van der Waals surface area contributed by atoms with Crippen LogP contribution in [-0.2, 0) is 0 Å². The highest BCUT2D eigenvalue weighted by Crippen LogP contribution is 2.22. The van der Waals surface area contributed by atoms with Crippen LogP contribution in [0.15, 0.2) is 6.07 Å². The highest BCUT2D eigenvalue weighted by atomic mass is 15.3. The molecule has 0 spiro atoms. The number of hydrogen-bond acceptors (Lipinski definition) is 5. The first-order valence-electron chi connectivity index (χ1n) is 6.81. The average molecular weight is 249 g/mol.